The smallest absolute Gasteiger partial charge is 0.347 e. The molecule has 10 heteroatoms. The van der Waals surface area contributed by atoms with Crippen molar-refractivity contribution in [2.75, 3.05) is 5.75 Å². The van der Waals surface area contributed by atoms with Gasteiger partial charge in [-0.1, -0.05) is 23.3 Å². The molecule has 27 heavy (non-hydrogen) atoms. The quantitative estimate of drug-likeness (QED) is 0.253. The van der Waals surface area contributed by atoms with Crippen LogP contribution in [0.1, 0.15) is 17.3 Å². The van der Waals surface area contributed by atoms with Gasteiger partial charge in [-0.15, -0.1) is 10.5 Å². The zero-order chi connectivity index (χ0) is 19.1. The molecule has 1 aromatic rings. The van der Waals surface area contributed by atoms with E-state index in [1.165, 1.54) is 6.92 Å². The fourth-order valence-electron chi connectivity index (χ4n) is 3.57. The molecule has 9 nitrogen and oxygen atoms in total. The van der Waals surface area contributed by atoms with E-state index in [2.05, 4.69) is 10.0 Å². The molecular formula is C17H15N3O6S. The molecule has 2 bridgehead atoms. The number of rotatable bonds is 4. The summed E-state index contributed by atoms with van der Waals surface area (Å²) in [6.45, 7) is 1.31. The van der Waals surface area contributed by atoms with Crippen LogP contribution in [0.5, 0.6) is 0 Å². The normalized spacial score (nSPS) is 33.7. The van der Waals surface area contributed by atoms with Crippen molar-refractivity contribution in [3.8, 4) is 0 Å². The zero-order valence-electron chi connectivity index (χ0n) is 14.2. The first kappa shape index (κ1) is 17.7. The first-order chi connectivity index (χ1) is 13.0. The molecule has 1 unspecified atom stereocenters. The SMILES string of the molecule is CC(=O)C1=S2C[C@H]3O[C@@H]2[C@@H](OC1=O)[C@H](N=[N+]=[N-])[C@@H]3OC(=O)c1ccccc1. The van der Waals surface area contributed by atoms with Gasteiger partial charge in [0, 0.05) is 10.7 Å². The summed E-state index contributed by atoms with van der Waals surface area (Å²) in [5.41, 5.74) is 8.75. The maximum atomic E-state index is 12.5. The van der Waals surface area contributed by atoms with Crippen LogP contribution < -0.4 is 0 Å². The van der Waals surface area contributed by atoms with Crippen molar-refractivity contribution < 1.29 is 28.6 Å². The van der Waals surface area contributed by atoms with Gasteiger partial charge < -0.3 is 14.2 Å². The minimum atomic E-state index is -0.915. The van der Waals surface area contributed by atoms with Gasteiger partial charge in [0.2, 0.25) is 0 Å². The lowest BCUT2D eigenvalue weighted by molar-refractivity contribution is -0.169. The average Bonchev–Trinajstić information content (AvgIpc) is 3.05. The second-order valence-corrected chi connectivity index (χ2v) is 8.39. The molecule has 3 aliphatic heterocycles. The third-order valence-corrected chi connectivity index (χ3v) is 7.30. The highest BCUT2D eigenvalue weighted by Crippen LogP contribution is 2.48. The third-order valence-electron chi connectivity index (χ3n) is 4.69. The number of esters is 2. The fourth-order valence-corrected chi connectivity index (χ4v) is 6.23. The second kappa shape index (κ2) is 6.80. The van der Waals surface area contributed by atoms with Crippen molar-refractivity contribution >= 4 is 33.1 Å². The van der Waals surface area contributed by atoms with Crippen LogP contribution in [0.15, 0.2) is 35.4 Å². The summed E-state index contributed by atoms with van der Waals surface area (Å²) in [4.78, 5) is 39.6. The Hall–Kier alpha value is -2.68. The summed E-state index contributed by atoms with van der Waals surface area (Å²) in [5, 5.41) is 3.73. The van der Waals surface area contributed by atoms with Gasteiger partial charge in [-0.2, -0.15) is 0 Å². The van der Waals surface area contributed by atoms with Gasteiger partial charge in [-0.25, -0.2) is 9.59 Å². The van der Waals surface area contributed by atoms with Crippen LogP contribution in [0.4, 0.5) is 0 Å². The van der Waals surface area contributed by atoms with E-state index >= 15 is 0 Å². The van der Waals surface area contributed by atoms with Crippen LogP contribution in [0.25, 0.3) is 10.4 Å². The number of benzene rings is 1. The van der Waals surface area contributed by atoms with Crippen molar-refractivity contribution in [2.45, 2.75) is 36.7 Å². The molecule has 1 aromatic carbocycles. The highest BCUT2D eigenvalue weighted by Gasteiger charge is 2.58. The third kappa shape index (κ3) is 2.91. The van der Waals surface area contributed by atoms with Crippen LogP contribution in [0.3, 0.4) is 0 Å². The van der Waals surface area contributed by atoms with Crippen molar-refractivity contribution in [2.24, 2.45) is 5.11 Å². The minimum absolute atomic E-state index is 0.0773. The monoisotopic (exact) mass is 389 g/mol. The Morgan fingerprint density at radius 2 is 2.07 bits per heavy atom. The molecule has 0 radical (unpaired) electrons. The highest BCUT2D eigenvalue weighted by molar-refractivity contribution is 8.18. The maximum absolute atomic E-state index is 12.5. The van der Waals surface area contributed by atoms with Gasteiger partial charge in [0.25, 0.3) is 0 Å². The first-order valence-corrected chi connectivity index (χ1v) is 9.71. The molecule has 2 saturated heterocycles. The van der Waals surface area contributed by atoms with Gasteiger partial charge >= 0.3 is 11.9 Å². The molecule has 6 atom stereocenters. The van der Waals surface area contributed by atoms with Crippen LogP contribution in [0.2, 0.25) is 0 Å². The van der Waals surface area contributed by atoms with Gasteiger partial charge in [0.05, 0.1) is 5.56 Å². The lowest BCUT2D eigenvalue weighted by Gasteiger charge is -2.40. The van der Waals surface area contributed by atoms with Crippen molar-refractivity contribution in [1.29, 1.82) is 0 Å². The van der Waals surface area contributed by atoms with E-state index < -0.39 is 52.2 Å². The number of Topliss-reactive ketones (excluding diaryl/α,β-unsaturated/α-hetero) is 1. The van der Waals surface area contributed by atoms with E-state index in [0.29, 0.717) is 11.3 Å². The number of carbonyl (C=O) groups is 3. The zero-order valence-corrected chi connectivity index (χ0v) is 15.0. The summed E-state index contributed by atoms with van der Waals surface area (Å²) in [6.07, 6.45) is -2.39. The Morgan fingerprint density at radius 3 is 2.74 bits per heavy atom. The van der Waals surface area contributed by atoms with Gasteiger partial charge in [0.15, 0.2) is 5.78 Å². The standard InChI is InChI=1S/C17H15N3O6S/c1-8(21)14-16(23)26-13-11(19-20-18)12(10-7-27(14)17(13)24-10)25-15(22)9-5-3-2-4-6-9/h2-6,10-13,17H,7H2,1H3/t10-,11-,12-,13+,17+,27?/m1/s1. The number of fused-ring (bicyclic) bond motifs is 1. The van der Waals surface area contributed by atoms with Crippen LogP contribution in [-0.2, 0) is 23.8 Å². The number of ketones is 1. The molecule has 0 saturated carbocycles. The summed E-state index contributed by atoms with van der Waals surface area (Å²) >= 11 is 0. The van der Waals surface area contributed by atoms with Crippen molar-refractivity contribution in [3.05, 3.63) is 46.3 Å². The average molecular weight is 389 g/mol. The predicted molar refractivity (Wildman–Crippen MR) is 95.3 cm³/mol. The van der Waals surface area contributed by atoms with E-state index in [4.69, 9.17) is 19.7 Å². The minimum Gasteiger partial charge on any atom is -0.455 e. The van der Waals surface area contributed by atoms with Gasteiger partial charge in [-0.05, 0) is 24.6 Å². The Balaban J connectivity index is 1.70. The number of hydrogen-bond acceptors (Lipinski definition) is 7. The largest absolute Gasteiger partial charge is 0.455 e. The molecule has 0 aromatic heterocycles. The molecule has 0 N–H and O–H groups in total. The Bertz CT molecular complexity index is 911. The number of ether oxygens (including phenoxy) is 3. The molecule has 0 amide bonds. The summed E-state index contributed by atoms with van der Waals surface area (Å²) in [7, 11) is -0.789. The lowest BCUT2D eigenvalue weighted by Crippen LogP contribution is -2.57. The second-order valence-electron chi connectivity index (χ2n) is 6.33. The number of hydrogen-bond donors (Lipinski definition) is 0. The molecule has 0 aliphatic carbocycles. The fraction of sp³-hybridized carbons (Fsp3) is 0.412. The van der Waals surface area contributed by atoms with Crippen molar-refractivity contribution in [3.63, 3.8) is 0 Å². The molecule has 4 rings (SSSR count). The first-order valence-electron chi connectivity index (χ1n) is 8.25. The maximum Gasteiger partial charge on any atom is 0.347 e. The van der Waals surface area contributed by atoms with E-state index in [1.807, 2.05) is 0 Å². The number of azide groups is 1. The van der Waals surface area contributed by atoms with E-state index in [1.54, 1.807) is 30.3 Å². The van der Waals surface area contributed by atoms with Crippen LogP contribution >= 0.6 is 10.5 Å². The van der Waals surface area contributed by atoms with Crippen LogP contribution in [-0.4, -0.2) is 58.1 Å². The van der Waals surface area contributed by atoms with Crippen LogP contribution in [0, 0.1) is 0 Å². The highest BCUT2D eigenvalue weighted by atomic mass is 32.2. The molecule has 2 fully saturated rings. The van der Waals surface area contributed by atoms with Gasteiger partial charge in [0.1, 0.15) is 34.7 Å². The summed E-state index contributed by atoms with van der Waals surface area (Å²) in [6, 6.07) is 7.47. The summed E-state index contributed by atoms with van der Waals surface area (Å²) in [5.74, 6) is -1.33. The summed E-state index contributed by atoms with van der Waals surface area (Å²) < 4.78 is 16.9. The van der Waals surface area contributed by atoms with E-state index in [0.717, 1.165) is 0 Å². The molecule has 140 valence electrons. The predicted octanol–water partition coefficient (Wildman–Crippen LogP) is 1.59. The lowest BCUT2D eigenvalue weighted by atomic mass is 9.98. The van der Waals surface area contributed by atoms with Gasteiger partial charge in [-0.3, -0.25) is 4.79 Å². The molecule has 3 aliphatic rings. The molecular weight excluding hydrogens is 374 g/mol. The van der Waals surface area contributed by atoms with E-state index in [9.17, 15) is 14.4 Å². The number of nitrogens with zero attached hydrogens (tertiary/aromatic N) is 3. The Kier molecular flexibility index (Phi) is 4.47. The Morgan fingerprint density at radius 1 is 1.33 bits per heavy atom. The topological polar surface area (TPSA) is 128 Å². The van der Waals surface area contributed by atoms with Crippen molar-refractivity contribution in [1.82, 2.24) is 0 Å². The molecule has 0 spiro atoms. The molecule has 3 heterocycles. The van der Waals surface area contributed by atoms with E-state index in [-0.39, 0.29) is 10.6 Å². The number of carbonyl (C=O) groups excluding carboxylic acids is 3. The Labute approximate surface area is 156 Å².